The highest BCUT2D eigenvalue weighted by Crippen LogP contribution is 2.24. The molecule has 0 aromatic heterocycles. The maximum atomic E-state index is 12.0. The molecule has 0 bridgehead atoms. The Labute approximate surface area is 131 Å². The van der Waals surface area contributed by atoms with Crippen LogP contribution in [0.2, 0.25) is 0 Å². The zero-order valence-electron chi connectivity index (χ0n) is 11.0. The summed E-state index contributed by atoms with van der Waals surface area (Å²) in [7, 11) is 0. The first kappa shape index (κ1) is 14.9. The third-order valence-electron chi connectivity index (χ3n) is 2.74. The Balaban J connectivity index is 1.96. The Kier molecular flexibility index (Phi) is 5.09. The van der Waals surface area contributed by atoms with Gasteiger partial charge in [-0.3, -0.25) is 4.79 Å². The molecule has 1 amide bonds. The number of nitrogens with two attached hydrogens (primary N) is 1. The van der Waals surface area contributed by atoms with Crippen molar-refractivity contribution < 1.29 is 4.79 Å². The van der Waals surface area contributed by atoms with E-state index in [4.69, 9.17) is 5.73 Å². The van der Waals surface area contributed by atoms with Crippen molar-refractivity contribution >= 4 is 45.0 Å². The normalized spacial score (nSPS) is 10.3. The van der Waals surface area contributed by atoms with Crippen molar-refractivity contribution in [1.29, 1.82) is 0 Å². The molecule has 2 rings (SSSR count). The summed E-state index contributed by atoms with van der Waals surface area (Å²) >= 11 is 4.90. The zero-order chi connectivity index (χ0) is 14.5. The van der Waals surface area contributed by atoms with E-state index in [1.807, 2.05) is 43.3 Å². The van der Waals surface area contributed by atoms with Crippen LogP contribution in [0.4, 0.5) is 11.4 Å². The largest absolute Gasteiger partial charge is 0.397 e. The van der Waals surface area contributed by atoms with Crippen molar-refractivity contribution in [2.24, 2.45) is 0 Å². The quantitative estimate of drug-likeness (QED) is 0.645. The van der Waals surface area contributed by atoms with E-state index in [-0.39, 0.29) is 5.91 Å². The molecule has 0 spiro atoms. The number of nitrogens with one attached hydrogen (secondary N) is 1. The second-order valence-corrected chi connectivity index (χ2v) is 6.30. The minimum atomic E-state index is -0.0593. The van der Waals surface area contributed by atoms with Crippen molar-refractivity contribution in [1.82, 2.24) is 0 Å². The van der Waals surface area contributed by atoms with E-state index in [0.29, 0.717) is 17.1 Å². The Morgan fingerprint density at radius 3 is 2.75 bits per heavy atom. The summed E-state index contributed by atoms with van der Waals surface area (Å²) in [5.41, 5.74) is 8.12. The summed E-state index contributed by atoms with van der Waals surface area (Å²) in [4.78, 5) is 13.0. The lowest BCUT2D eigenvalue weighted by Gasteiger charge is -2.11. The van der Waals surface area contributed by atoms with Crippen molar-refractivity contribution in [3.8, 4) is 0 Å². The number of carbonyl (C=O) groups is 1. The summed E-state index contributed by atoms with van der Waals surface area (Å²) in [5, 5.41) is 2.87. The number of amides is 1. The zero-order valence-corrected chi connectivity index (χ0v) is 13.4. The standard InChI is InChI=1S/C15H15BrN2OS/c1-10-4-2-7-13(17)15(10)18-14(19)9-20-12-6-3-5-11(16)8-12/h2-8H,9,17H2,1H3,(H,18,19). The summed E-state index contributed by atoms with van der Waals surface area (Å²) in [6, 6.07) is 13.4. The van der Waals surface area contributed by atoms with Gasteiger partial charge in [0.1, 0.15) is 0 Å². The highest BCUT2D eigenvalue weighted by atomic mass is 79.9. The average Bonchev–Trinajstić information content (AvgIpc) is 2.41. The maximum Gasteiger partial charge on any atom is 0.234 e. The molecule has 5 heteroatoms. The fourth-order valence-electron chi connectivity index (χ4n) is 1.74. The van der Waals surface area contributed by atoms with Crippen LogP contribution in [0.25, 0.3) is 0 Å². The molecule has 0 aliphatic heterocycles. The van der Waals surface area contributed by atoms with Crippen LogP contribution in [0.5, 0.6) is 0 Å². The summed E-state index contributed by atoms with van der Waals surface area (Å²) in [5.74, 6) is 0.292. The van der Waals surface area contributed by atoms with E-state index in [1.54, 1.807) is 6.07 Å². The van der Waals surface area contributed by atoms with Gasteiger partial charge in [0.2, 0.25) is 5.91 Å². The topological polar surface area (TPSA) is 55.1 Å². The molecule has 104 valence electrons. The fourth-order valence-corrected chi connectivity index (χ4v) is 3.05. The van der Waals surface area contributed by atoms with Crippen LogP contribution in [0.15, 0.2) is 51.8 Å². The van der Waals surface area contributed by atoms with E-state index in [0.717, 1.165) is 14.9 Å². The van der Waals surface area contributed by atoms with Crippen molar-refractivity contribution in [3.63, 3.8) is 0 Å². The SMILES string of the molecule is Cc1cccc(N)c1NC(=O)CSc1cccc(Br)c1. The molecule has 0 fully saturated rings. The van der Waals surface area contributed by atoms with Crippen LogP contribution >= 0.6 is 27.7 Å². The molecule has 20 heavy (non-hydrogen) atoms. The Morgan fingerprint density at radius 2 is 2.05 bits per heavy atom. The first-order chi connectivity index (χ1) is 9.56. The Hall–Kier alpha value is -1.46. The molecule has 3 nitrogen and oxygen atoms in total. The molecule has 0 unspecified atom stereocenters. The van der Waals surface area contributed by atoms with Gasteiger partial charge in [0.15, 0.2) is 0 Å². The number of thioether (sulfide) groups is 1. The molecular weight excluding hydrogens is 336 g/mol. The lowest BCUT2D eigenvalue weighted by atomic mass is 10.1. The van der Waals surface area contributed by atoms with Crippen LogP contribution < -0.4 is 11.1 Å². The molecule has 2 aromatic carbocycles. The predicted octanol–water partition coefficient (Wildman–Crippen LogP) is 4.07. The lowest BCUT2D eigenvalue weighted by molar-refractivity contribution is -0.113. The van der Waals surface area contributed by atoms with Crippen LogP contribution in [0.1, 0.15) is 5.56 Å². The van der Waals surface area contributed by atoms with Crippen LogP contribution in [0.3, 0.4) is 0 Å². The second kappa shape index (κ2) is 6.81. The van der Waals surface area contributed by atoms with Gasteiger partial charge in [-0.25, -0.2) is 0 Å². The molecule has 3 N–H and O–H groups in total. The number of rotatable bonds is 4. The Morgan fingerprint density at radius 1 is 1.30 bits per heavy atom. The smallest absolute Gasteiger partial charge is 0.234 e. The Bertz CT molecular complexity index is 611. The van der Waals surface area contributed by atoms with Gasteiger partial charge in [0.25, 0.3) is 0 Å². The summed E-state index contributed by atoms with van der Waals surface area (Å²) in [6.07, 6.45) is 0. The van der Waals surface area contributed by atoms with Crippen LogP contribution in [-0.4, -0.2) is 11.7 Å². The first-order valence-corrected chi connectivity index (χ1v) is 7.87. The van der Waals surface area contributed by atoms with Gasteiger partial charge < -0.3 is 11.1 Å². The maximum absolute atomic E-state index is 12.0. The third-order valence-corrected chi connectivity index (χ3v) is 4.22. The molecule has 0 saturated carbocycles. The van der Waals surface area contributed by atoms with E-state index in [9.17, 15) is 4.79 Å². The summed E-state index contributed by atoms with van der Waals surface area (Å²) in [6.45, 7) is 1.92. The molecule has 0 radical (unpaired) electrons. The first-order valence-electron chi connectivity index (χ1n) is 6.09. The van der Waals surface area contributed by atoms with Gasteiger partial charge in [-0.2, -0.15) is 0 Å². The minimum absolute atomic E-state index is 0.0593. The van der Waals surface area contributed by atoms with Crippen LogP contribution in [0, 0.1) is 6.92 Å². The average molecular weight is 351 g/mol. The molecule has 2 aromatic rings. The van der Waals surface area contributed by atoms with Gasteiger partial charge >= 0.3 is 0 Å². The van der Waals surface area contributed by atoms with Gasteiger partial charge in [0, 0.05) is 9.37 Å². The number of carbonyl (C=O) groups excluding carboxylic acids is 1. The number of anilines is 2. The minimum Gasteiger partial charge on any atom is -0.397 e. The predicted molar refractivity (Wildman–Crippen MR) is 89.1 cm³/mol. The highest BCUT2D eigenvalue weighted by molar-refractivity contribution is 9.10. The van der Waals surface area contributed by atoms with Crippen molar-refractivity contribution in [2.75, 3.05) is 16.8 Å². The molecular formula is C15H15BrN2OS. The highest BCUT2D eigenvalue weighted by Gasteiger charge is 2.08. The van der Waals surface area contributed by atoms with Gasteiger partial charge in [-0.05, 0) is 36.8 Å². The second-order valence-electron chi connectivity index (χ2n) is 4.33. The number of halogens is 1. The van der Waals surface area contributed by atoms with Crippen LogP contribution in [-0.2, 0) is 4.79 Å². The van der Waals surface area contributed by atoms with E-state index in [1.165, 1.54) is 11.8 Å². The summed E-state index contributed by atoms with van der Waals surface area (Å²) < 4.78 is 1.01. The lowest BCUT2D eigenvalue weighted by Crippen LogP contribution is -2.16. The number of benzene rings is 2. The number of para-hydroxylation sites is 1. The molecule has 0 aliphatic carbocycles. The number of nitrogen functional groups attached to an aromatic ring is 1. The van der Waals surface area contributed by atoms with Gasteiger partial charge in [-0.15, -0.1) is 11.8 Å². The molecule has 0 heterocycles. The van der Waals surface area contributed by atoms with E-state index >= 15 is 0 Å². The van der Waals surface area contributed by atoms with Crippen molar-refractivity contribution in [2.45, 2.75) is 11.8 Å². The van der Waals surface area contributed by atoms with Crippen molar-refractivity contribution in [3.05, 3.63) is 52.5 Å². The number of aryl methyl sites for hydroxylation is 1. The molecule has 0 saturated heterocycles. The number of hydrogen-bond acceptors (Lipinski definition) is 3. The van der Waals surface area contributed by atoms with E-state index < -0.39 is 0 Å². The van der Waals surface area contributed by atoms with Gasteiger partial charge in [-0.1, -0.05) is 34.1 Å². The van der Waals surface area contributed by atoms with Gasteiger partial charge in [0.05, 0.1) is 17.1 Å². The third kappa shape index (κ3) is 4.02. The molecule has 0 aliphatic rings. The van der Waals surface area contributed by atoms with E-state index in [2.05, 4.69) is 21.2 Å². The number of hydrogen-bond donors (Lipinski definition) is 2. The monoisotopic (exact) mass is 350 g/mol. The fraction of sp³-hybridized carbons (Fsp3) is 0.133. The molecule has 0 atom stereocenters.